The van der Waals surface area contributed by atoms with E-state index in [1.165, 1.54) is 12.3 Å². The zero-order valence-electron chi connectivity index (χ0n) is 18.1. The lowest BCUT2D eigenvalue weighted by Gasteiger charge is -2.24. The van der Waals surface area contributed by atoms with Crippen LogP contribution in [0, 0.1) is 0 Å². The number of nitrogen functional groups attached to an aromatic ring is 1. The lowest BCUT2D eigenvalue weighted by molar-refractivity contribution is -0.291. The van der Waals surface area contributed by atoms with Gasteiger partial charge in [0, 0.05) is 15.8 Å². The molecule has 2 fully saturated rings. The number of nitrogens with two attached hydrogens (primary N) is 1. The number of carbonyl (C=O) groups excluding carboxylic acids is 1. The summed E-state index contributed by atoms with van der Waals surface area (Å²) >= 11 is 0. The molecule has 0 spiro atoms. The zero-order chi connectivity index (χ0) is 24.9. The van der Waals surface area contributed by atoms with Crippen LogP contribution in [0.15, 0.2) is 26.9 Å². The second-order valence-electron chi connectivity index (χ2n) is 7.65. The average molecular weight is 501 g/mol. The van der Waals surface area contributed by atoms with Crippen molar-refractivity contribution in [2.75, 3.05) is 18.9 Å². The fourth-order valence-electron chi connectivity index (χ4n) is 3.82. The van der Waals surface area contributed by atoms with Gasteiger partial charge in [-0.15, -0.1) is 0 Å². The quantitative estimate of drug-likeness (QED) is 0.0758. The number of hydrogen-bond donors (Lipinski definition) is 3. The molecular formula is C17H24N7O9P. The normalized spacial score (nSPS) is 28.5. The number of anilines is 1. The predicted molar refractivity (Wildman–Crippen MR) is 111 cm³/mol. The van der Waals surface area contributed by atoms with Gasteiger partial charge in [-0.2, -0.15) is 9.87 Å². The fourth-order valence-corrected chi connectivity index (χ4v) is 4.59. The highest BCUT2D eigenvalue weighted by molar-refractivity contribution is 7.33. The highest BCUT2D eigenvalue weighted by Gasteiger charge is 2.56. The summed E-state index contributed by atoms with van der Waals surface area (Å²) in [6, 6.07) is 1.26. The van der Waals surface area contributed by atoms with Crippen LogP contribution < -0.4 is 16.3 Å². The molecule has 1 aromatic heterocycles. The molecule has 186 valence electrons. The Kier molecular flexibility index (Phi) is 8.17. The third kappa shape index (κ3) is 5.19. The molecule has 0 aromatic carbocycles. The van der Waals surface area contributed by atoms with Crippen LogP contribution in [-0.4, -0.2) is 62.4 Å². The number of esters is 1. The summed E-state index contributed by atoms with van der Waals surface area (Å²) in [5.74, 6) is -0.698. The van der Waals surface area contributed by atoms with Crippen molar-refractivity contribution in [3.05, 3.63) is 33.2 Å². The Morgan fingerprint density at radius 1 is 1.50 bits per heavy atom. The van der Waals surface area contributed by atoms with E-state index in [-0.39, 0.29) is 12.4 Å². The van der Waals surface area contributed by atoms with Gasteiger partial charge < -0.3 is 30.3 Å². The van der Waals surface area contributed by atoms with Crippen LogP contribution in [0.3, 0.4) is 0 Å². The van der Waals surface area contributed by atoms with Crippen LogP contribution in [0.4, 0.5) is 5.82 Å². The molecule has 1 aromatic rings. The first kappa shape index (κ1) is 25.9. The molecule has 3 rings (SSSR count). The highest BCUT2D eigenvalue weighted by Crippen LogP contribution is 2.41. The Hall–Kier alpha value is -2.68. The Balaban J connectivity index is 1.74. The molecule has 0 bridgehead atoms. The monoisotopic (exact) mass is 501 g/mol. The number of nitrogens with zero attached hydrogens (tertiary/aromatic N) is 6. The minimum Gasteiger partial charge on any atom is -0.581 e. The van der Waals surface area contributed by atoms with Crippen LogP contribution in [-0.2, 0) is 23.8 Å². The third-order valence-corrected chi connectivity index (χ3v) is 6.26. The van der Waals surface area contributed by atoms with Gasteiger partial charge in [0.25, 0.3) is 0 Å². The molecule has 1 saturated carbocycles. The maximum Gasteiger partial charge on any atom is 0.382 e. The lowest BCUT2D eigenvalue weighted by atomic mass is 10.00. The average Bonchev–Trinajstić information content (AvgIpc) is 3.34. The summed E-state index contributed by atoms with van der Waals surface area (Å²) in [6.45, 7) is 0.925. The van der Waals surface area contributed by atoms with Crippen molar-refractivity contribution in [1.29, 1.82) is 0 Å². The number of azide groups is 1. The van der Waals surface area contributed by atoms with Crippen molar-refractivity contribution >= 4 is 20.0 Å². The molecule has 17 heteroatoms. The molecule has 1 saturated heterocycles. The van der Waals surface area contributed by atoms with Crippen LogP contribution in [0.5, 0.6) is 0 Å². The van der Waals surface area contributed by atoms with Gasteiger partial charge in [-0.3, -0.25) is 4.57 Å². The van der Waals surface area contributed by atoms with E-state index in [4.69, 9.17) is 30.3 Å². The summed E-state index contributed by atoms with van der Waals surface area (Å²) in [6.07, 6.45) is -1.94. The molecule has 4 N–H and O–H groups in total. The second-order valence-corrected chi connectivity index (χ2v) is 8.48. The first-order valence-corrected chi connectivity index (χ1v) is 11.4. The number of rotatable bonds is 9. The van der Waals surface area contributed by atoms with Crippen LogP contribution >= 0.6 is 8.17 Å². The minimum atomic E-state index is -2.89. The van der Waals surface area contributed by atoms with E-state index in [0.29, 0.717) is 25.7 Å². The SMILES string of the molecule is CCOC(=O)C1(N=[P+]([O-])OOC[C@@]2(N=[N+]=[N-])O[C@@H](n3ccc(N)nc3=O)[C@H](O)[C@@H]2O)CCCC1. The Morgan fingerprint density at radius 2 is 2.21 bits per heavy atom. The van der Waals surface area contributed by atoms with Gasteiger partial charge in [0.2, 0.25) is 11.3 Å². The van der Waals surface area contributed by atoms with Crippen molar-refractivity contribution in [2.45, 2.75) is 62.3 Å². The Bertz CT molecular complexity index is 1040. The maximum absolute atomic E-state index is 12.4. The number of ether oxygens (including phenoxy) is 2. The number of aliphatic hydroxyl groups is 2. The molecule has 1 aliphatic heterocycles. The molecule has 2 heterocycles. The topological polar surface area (TPSA) is 240 Å². The van der Waals surface area contributed by atoms with Gasteiger partial charge in [0.15, 0.2) is 6.23 Å². The Labute approximate surface area is 193 Å². The van der Waals surface area contributed by atoms with E-state index in [1.807, 2.05) is 0 Å². The van der Waals surface area contributed by atoms with Crippen molar-refractivity contribution in [1.82, 2.24) is 9.55 Å². The van der Waals surface area contributed by atoms with E-state index in [1.54, 1.807) is 6.92 Å². The van der Waals surface area contributed by atoms with E-state index < -0.39 is 56.1 Å². The van der Waals surface area contributed by atoms with Crippen LogP contribution in [0.1, 0.15) is 38.8 Å². The van der Waals surface area contributed by atoms with E-state index in [0.717, 1.165) is 4.57 Å². The van der Waals surface area contributed by atoms with Gasteiger partial charge in [-0.05, 0) is 31.4 Å². The van der Waals surface area contributed by atoms with E-state index in [9.17, 15) is 24.7 Å². The van der Waals surface area contributed by atoms with E-state index >= 15 is 0 Å². The number of aromatic nitrogens is 2. The summed E-state index contributed by atoms with van der Waals surface area (Å²) in [4.78, 5) is 47.7. The summed E-state index contributed by atoms with van der Waals surface area (Å²) in [5, 5.41) is 24.3. The molecule has 16 nitrogen and oxygen atoms in total. The van der Waals surface area contributed by atoms with Crippen molar-refractivity contribution < 1.29 is 38.9 Å². The third-order valence-electron chi connectivity index (χ3n) is 5.48. The molecule has 0 amide bonds. The molecule has 0 radical (unpaired) electrons. The molecule has 5 atom stereocenters. The molecule has 2 aliphatic rings. The molecule has 1 unspecified atom stereocenters. The molecule has 34 heavy (non-hydrogen) atoms. The minimum absolute atomic E-state index is 0.0808. The van der Waals surface area contributed by atoms with Gasteiger partial charge in [0.1, 0.15) is 24.6 Å². The van der Waals surface area contributed by atoms with Crippen molar-refractivity contribution in [3.63, 3.8) is 0 Å². The summed E-state index contributed by atoms with van der Waals surface area (Å²) in [5.41, 5.74) is 9.92. The lowest BCUT2D eigenvalue weighted by Crippen LogP contribution is -2.45. The van der Waals surface area contributed by atoms with Crippen LogP contribution in [0.2, 0.25) is 0 Å². The molecule has 1 aliphatic carbocycles. The maximum atomic E-state index is 12.4. The standard InChI is InChI=1S/C17H24N7O9P/c1-2-30-14(27)16(6-3-4-7-16)22-34(29)33-31-9-17(21-23-19)12(26)11(25)13(32-17)24-8-5-10(18)20-15(24)28/h5,8,11-13,25-26H,2-4,6-7,9H2,1H3,(H2,18,20,28)/t11-,12+,13-,17-/m1/s1. The second kappa shape index (κ2) is 10.7. The largest absolute Gasteiger partial charge is 0.581 e. The number of carbonyl (C=O) groups is 1. The first-order valence-electron chi connectivity index (χ1n) is 10.3. The predicted octanol–water partition coefficient (Wildman–Crippen LogP) is -0.237. The summed E-state index contributed by atoms with van der Waals surface area (Å²) < 4.78 is 20.0. The molecular weight excluding hydrogens is 477 g/mol. The fraction of sp³-hybridized carbons (Fsp3) is 0.706. The number of hydrogen-bond acceptors (Lipinski definition) is 13. The zero-order valence-corrected chi connectivity index (χ0v) is 19.0. The van der Waals surface area contributed by atoms with Crippen LogP contribution in [0.25, 0.3) is 10.4 Å². The van der Waals surface area contributed by atoms with Gasteiger partial charge in [0.05, 0.1) is 6.61 Å². The van der Waals surface area contributed by atoms with E-state index in [2.05, 4.69) is 19.8 Å². The van der Waals surface area contributed by atoms with Gasteiger partial charge in [-0.25, -0.2) is 9.59 Å². The van der Waals surface area contributed by atoms with Gasteiger partial charge in [-0.1, -0.05) is 22.7 Å². The van der Waals surface area contributed by atoms with Crippen molar-refractivity contribution in [3.8, 4) is 0 Å². The summed E-state index contributed by atoms with van der Waals surface area (Å²) in [7, 11) is -2.89. The first-order chi connectivity index (χ1) is 16.2. The van der Waals surface area contributed by atoms with Gasteiger partial charge >= 0.3 is 19.8 Å². The smallest absolute Gasteiger partial charge is 0.382 e. The highest BCUT2D eigenvalue weighted by atomic mass is 31.1. The van der Waals surface area contributed by atoms with Crippen molar-refractivity contribution in [2.24, 2.45) is 9.86 Å². The Morgan fingerprint density at radius 3 is 2.82 bits per heavy atom. The number of aliphatic hydroxyl groups excluding tert-OH is 2.